The third-order valence-electron chi connectivity index (χ3n) is 6.16. The molecule has 2 aliphatic rings. The van der Waals surface area contributed by atoms with Gasteiger partial charge < -0.3 is 15.1 Å². The fourth-order valence-corrected chi connectivity index (χ4v) is 5.54. The molecule has 0 saturated carbocycles. The summed E-state index contributed by atoms with van der Waals surface area (Å²) < 4.78 is 0. The van der Waals surface area contributed by atoms with E-state index in [9.17, 15) is 9.59 Å². The van der Waals surface area contributed by atoms with Crippen LogP contribution in [-0.4, -0.2) is 39.9 Å². The molecule has 2 amide bonds. The molecule has 1 atom stereocenters. The highest BCUT2D eigenvalue weighted by molar-refractivity contribution is 8.16. The van der Waals surface area contributed by atoms with Crippen molar-refractivity contribution in [3.05, 3.63) is 93.1 Å². The number of fused-ring (bicyclic) bond motifs is 1. The average Bonchev–Trinajstić information content (AvgIpc) is 3.25. The van der Waals surface area contributed by atoms with Crippen LogP contribution in [0.3, 0.4) is 0 Å². The molecule has 0 aromatic heterocycles. The Morgan fingerprint density at radius 3 is 2.46 bits per heavy atom. The minimum atomic E-state index is -0.465. The Balaban J connectivity index is 1.65. The van der Waals surface area contributed by atoms with E-state index < -0.39 is 6.04 Å². The van der Waals surface area contributed by atoms with E-state index in [0.717, 1.165) is 22.0 Å². The molecule has 6 nitrogen and oxygen atoms in total. The molecule has 0 saturated heterocycles. The van der Waals surface area contributed by atoms with Crippen molar-refractivity contribution in [2.45, 2.75) is 39.8 Å². The Bertz CT molecular complexity index is 1200. The number of halogens is 1. The Kier molecular flexibility index (Phi) is 7.98. The highest BCUT2D eigenvalue weighted by Crippen LogP contribution is 2.46. The number of rotatable bonds is 8. The van der Waals surface area contributed by atoms with E-state index in [1.165, 1.54) is 11.8 Å². The lowest BCUT2D eigenvalue weighted by Crippen LogP contribution is -2.42. The summed E-state index contributed by atoms with van der Waals surface area (Å²) in [6.45, 7) is 7.45. The molecule has 4 rings (SSSR count). The maximum absolute atomic E-state index is 13.7. The molecule has 2 aromatic carbocycles. The molecule has 2 aromatic rings. The van der Waals surface area contributed by atoms with Gasteiger partial charge in [0.05, 0.1) is 23.7 Å². The number of carbonyl (C=O) groups is 2. The van der Waals surface area contributed by atoms with E-state index >= 15 is 0 Å². The van der Waals surface area contributed by atoms with Crippen molar-refractivity contribution >= 4 is 40.3 Å². The molecular formula is C27H29ClN4O2S. The van der Waals surface area contributed by atoms with Gasteiger partial charge in [0.2, 0.25) is 5.91 Å². The van der Waals surface area contributed by atoms with E-state index in [4.69, 9.17) is 16.6 Å². The highest BCUT2D eigenvalue weighted by Gasteiger charge is 2.42. The molecule has 2 heterocycles. The van der Waals surface area contributed by atoms with Gasteiger partial charge in [0.1, 0.15) is 0 Å². The fourth-order valence-electron chi connectivity index (χ4n) is 4.34. The number of nitrogens with zero attached hydrogens (tertiary/aromatic N) is 3. The molecule has 1 N–H and O–H groups in total. The maximum atomic E-state index is 13.7. The molecule has 0 spiro atoms. The number of amidine groups is 1. The summed E-state index contributed by atoms with van der Waals surface area (Å²) in [4.78, 5) is 35.1. The Morgan fingerprint density at radius 1 is 1.09 bits per heavy atom. The van der Waals surface area contributed by atoms with Gasteiger partial charge in [-0.15, -0.1) is 0 Å². The molecule has 0 bridgehead atoms. The van der Waals surface area contributed by atoms with Crippen LogP contribution in [0.4, 0.5) is 0 Å². The van der Waals surface area contributed by atoms with Crippen molar-refractivity contribution in [3.8, 4) is 0 Å². The first-order chi connectivity index (χ1) is 16.9. The number of nitrogens with one attached hydrogen (secondary N) is 1. The van der Waals surface area contributed by atoms with Gasteiger partial charge in [-0.05, 0) is 43.4 Å². The van der Waals surface area contributed by atoms with Crippen molar-refractivity contribution < 1.29 is 9.59 Å². The summed E-state index contributed by atoms with van der Waals surface area (Å²) in [5.41, 5.74) is 3.91. The van der Waals surface area contributed by atoms with E-state index in [0.29, 0.717) is 35.9 Å². The van der Waals surface area contributed by atoms with Gasteiger partial charge in [-0.2, -0.15) is 0 Å². The predicted octanol–water partition coefficient (Wildman–Crippen LogP) is 5.49. The second kappa shape index (κ2) is 11.1. The highest BCUT2D eigenvalue weighted by atomic mass is 35.5. The second-order valence-corrected chi connectivity index (χ2v) is 9.57. The number of hydrogen-bond acceptors (Lipinski definition) is 5. The number of amides is 2. The molecule has 8 heteroatoms. The van der Waals surface area contributed by atoms with Crippen LogP contribution in [0, 0.1) is 0 Å². The third kappa shape index (κ3) is 5.31. The van der Waals surface area contributed by atoms with Crippen LogP contribution in [0.5, 0.6) is 0 Å². The van der Waals surface area contributed by atoms with Gasteiger partial charge >= 0.3 is 0 Å². The Labute approximate surface area is 215 Å². The third-order valence-corrected chi connectivity index (χ3v) is 7.39. The number of hydrogen-bond donors (Lipinski definition) is 1. The summed E-state index contributed by atoms with van der Waals surface area (Å²) in [7, 11) is 0. The number of thioether (sulfide) groups is 1. The second-order valence-electron chi connectivity index (χ2n) is 8.33. The summed E-state index contributed by atoms with van der Waals surface area (Å²) in [6.07, 6.45) is 0.172. The lowest BCUT2D eigenvalue weighted by atomic mass is 9.92. The first kappa shape index (κ1) is 25.1. The number of likely N-dealkylation sites (N-methyl/N-ethyl adjacent to an activating group) is 1. The van der Waals surface area contributed by atoms with Crippen LogP contribution in [0.15, 0.2) is 82.0 Å². The van der Waals surface area contributed by atoms with Crippen LogP contribution < -0.4 is 5.32 Å². The van der Waals surface area contributed by atoms with E-state index in [2.05, 4.69) is 5.32 Å². The van der Waals surface area contributed by atoms with Crippen LogP contribution >= 0.6 is 23.4 Å². The normalized spacial score (nSPS) is 17.0. The van der Waals surface area contributed by atoms with Gasteiger partial charge in [-0.1, -0.05) is 71.9 Å². The van der Waals surface area contributed by atoms with Crippen molar-refractivity contribution in [1.82, 2.24) is 15.1 Å². The Morgan fingerprint density at radius 2 is 1.77 bits per heavy atom. The van der Waals surface area contributed by atoms with Crippen LogP contribution in [0.2, 0.25) is 5.02 Å². The minimum absolute atomic E-state index is 0.0648. The van der Waals surface area contributed by atoms with Crippen molar-refractivity contribution in [2.24, 2.45) is 4.99 Å². The van der Waals surface area contributed by atoms with Crippen LogP contribution in [0.1, 0.15) is 44.4 Å². The van der Waals surface area contributed by atoms with Crippen molar-refractivity contribution in [1.29, 1.82) is 0 Å². The topological polar surface area (TPSA) is 65.0 Å². The van der Waals surface area contributed by atoms with Gasteiger partial charge in [-0.3, -0.25) is 9.59 Å². The zero-order chi connectivity index (χ0) is 24.9. The summed E-state index contributed by atoms with van der Waals surface area (Å²) >= 11 is 8.13. The summed E-state index contributed by atoms with van der Waals surface area (Å²) in [5, 5.41) is 6.26. The van der Waals surface area contributed by atoms with Crippen molar-refractivity contribution in [3.63, 3.8) is 0 Å². The van der Waals surface area contributed by atoms with Crippen LogP contribution in [0.25, 0.3) is 0 Å². The molecule has 35 heavy (non-hydrogen) atoms. The van der Waals surface area contributed by atoms with Crippen molar-refractivity contribution in [2.75, 3.05) is 13.1 Å². The number of carbonyl (C=O) groups excluding carboxylic acids is 2. The van der Waals surface area contributed by atoms with Gasteiger partial charge in [-0.25, -0.2) is 4.99 Å². The van der Waals surface area contributed by atoms with Crippen LogP contribution in [-0.2, 0) is 16.1 Å². The zero-order valence-corrected chi connectivity index (χ0v) is 21.7. The number of aliphatic imine (C=N–C) groups is 1. The van der Waals surface area contributed by atoms with Gasteiger partial charge in [0.15, 0.2) is 5.17 Å². The lowest BCUT2D eigenvalue weighted by Gasteiger charge is -2.38. The summed E-state index contributed by atoms with van der Waals surface area (Å²) in [5.74, 6) is -0.159. The molecule has 0 fully saturated rings. The largest absolute Gasteiger partial charge is 0.352 e. The van der Waals surface area contributed by atoms with Gasteiger partial charge in [0.25, 0.3) is 5.91 Å². The zero-order valence-electron chi connectivity index (χ0n) is 20.1. The fraction of sp³-hybridized carbons (Fsp3) is 0.296. The quantitative estimate of drug-likeness (QED) is 0.512. The smallest absolute Gasteiger partial charge is 0.254 e. The molecule has 0 radical (unpaired) electrons. The average molecular weight is 509 g/mol. The van der Waals surface area contributed by atoms with E-state index in [1.807, 2.05) is 85.7 Å². The molecule has 0 aliphatic carbocycles. The standard InChI is InChI=1S/C27H29ClN4O2S/c1-4-31(5-2)26(34)24-18(3)30-27-32(25(24)21-13-9-10-14-22(21)28)20(17-35-27)15-23(33)29-16-19-11-7-6-8-12-19/h6-14,17,25H,4-5,15-16H2,1-3H3,(H,29,33)/t25-/m1/s1. The molecule has 2 aliphatic heterocycles. The summed E-state index contributed by atoms with van der Waals surface area (Å²) in [6, 6.07) is 16.9. The Hall–Kier alpha value is -3.03. The number of benzene rings is 2. The SMILES string of the molecule is CCN(CC)C(=O)C1=C(C)N=C2SC=C(CC(=O)NCc3ccccc3)N2[C@@H]1c1ccccc1Cl. The van der Waals surface area contributed by atoms with Gasteiger partial charge in [0, 0.05) is 30.4 Å². The minimum Gasteiger partial charge on any atom is -0.352 e. The molecule has 0 unspecified atom stereocenters. The first-order valence-electron chi connectivity index (χ1n) is 11.7. The predicted molar refractivity (Wildman–Crippen MR) is 143 cm³/mol. The maximum Gasteiger partial charge on any atom is 0.254 e. The van der Waals surface area contributed by atoms with E-state index in [-0.39, 0.29) is 18.2 Å². The molecule has 182 valence electrons. The molecular weight excluding hydrogens is 480 g/mol. The number of allylic oxidation sites excluding steroid dienone is 1. The first-order valence-corrected chi connectivity index (χ1v) is 13.0. The van der Waals surface area contributed by atoms with E-state index in [1.54, 1.807) is 4.90 Å². The monoisotopic (exact) mass is 508 g/mol. The lowest BCUT2D eigenvalue weighted by molar-refractivity contribution is -0.127.